The van der Waals surface area contributed by atoms with Crippen LogP contribution in [0.25, 0.3) is 0 Å². The first-order valence-electron chi connectivity index (χ1n) is 7.07. The van der Waals surface area contributed by atoms with Crippen LogP contribution in [0, 0.1) is 13.8 Å². The van der Waals surface area contributed by atoms with Crippen LogP contribution >= 0.6 is 0 Å². The number of nitrogens with zero attached hydrogens (tertiary/aromatic N) is 1. The SMILES string of the molecule is Cc1ccc(C)c(OCc2cc(C(=O)NC[C@@H](C)O)no2)c1. The molecule has 6 nitrogen and oxygen atoms in total. The molecule has 22 heavy (non-hydrogen) atoms. The molecule has 0 spiro atoms. The number of aromatic nitrogens is 1. The normalized spacial score (nSPS) is 12.0. The molecule has 1 aromatic carbocycles. The number of nitrogens with one attached hydrogen (secondary N) is 1. The largest absolute Gasteiger partial charge is 0.485 e. The maximum Gasteiger partial charge on any atom is 0.273 e. The number of aryl methyl sites for hydroxylation is 2. The lowest BCUT2D eigenvalue weighted by molar-refractivity contribution is 0.0914. The zero-order valence-electron chi connectivity index (χ0n) is 12.9. The van der Waals surface area contributed by atoms with E-state index in [0.29, 0.717) is 5.76 Å². The summed E-state index contributed by atoms with van der Waals surface area (Å²) in [5.41, 5.74) is 2.30. The van der Waals surface area contributed by atoms with Crippen LogP contribution in [0.3, 0.4) is 0 Å². The Morgan fingerprint density at radius 2 is 2.18 bits per heavy atom. The highest BCUT2D eigenvalue weighted by atomic mass is 16.5. The van der Waals surface area contributed by atoms with Crippen molar-refractivity contribution in [1.29, 1.82) is 0 Å². The Bertz CT molecular complexity index is 649. The zero-order chi connectivity index (χ0) is 16.1. The second-order valence-electron chi connectivity index (χ2n) is 5.30. The number of ether oxygens (including phenoxy) is 1. The maximum absolute atomic E-state index is 11.7. The average Bonchev–Trinajstić information content (AvgIpc) is 2.94. The Balaban J connectivity index is 1.94. The van der Waals surface area contributed by atoms with Crippen molar-refractivity contribution in [1.82, 2.24) is 10.5 Å². The Morgan fingerprint density at radius 1 is 1.41 bits per heavy atom. The van der Waals surface area contributed by atoms with Gasteiger partial charge in [0.15, 0.2) is 11.5 Å². The van der Waals surface area contributed by atoms with Crippen molar-refractivity contribution < 1.29 is 19.2 Å². The second kappa shape index (κ2) is 7.09. The highest BCUT2D eigenvalue weighted by Gasteiger charge is 2.13. The highest BCUT2D eigenvalue weighted by molar-refractivity contribution is 5.92. The maximum atomic E-state index is 11.7. The van der Waals surface area contributed by atoms with E-state index < -0.39 is 6.10 Å². The van der Waals surface area contributed by atoms with E-state index in [2.05, 4.69) is 10.5 Å². The van der Waals surface area contributed by atoms with Crippen LogP contribution in [-0.4, -0.2) is 28.8 Å². The van der Waals surface area contributed by atoms with Crippen LogP contribution in [-0.2, 0) is 6.61 Å². The molecule has 1 atom stereocenters. The third kappa shape index (κ3) is 4.33. The quantitative estimate of drug-likeness (QED) is 0.852. The predicted molar refractivity (Wildman–Crippen MR) is 80.8 cm³/mol. The summed E-state index contributed by atoms with van der Waals surface area (Å²) in [5, 5.41) is 15.4. The molecule has 6 heteroatoms. The number of rotatable bonds is 6. The molecular formula is C16H20N2O4. The van der Waals surface area contributed by atoms with Gasteiger partial charge < -0.3 is 19.7 Å². The monoisotopic (exact) mass is 304 g/mol. The van der Waals surface area contributed by atoms with E-state index >= 15 is 0 Å². The summed E-state index contributed by atoms with van der Waals surface area (Å²) >= 11 is 0. The number of hydrogen-bond donors (Lipinski definition) is 2. The van der Waals surface area contributed by atoms with E-state index in [-0.39, 0.29) is 24.8 Å². The number of amides is 1. The average molecular weight is 304 g/mol. The van der Waals surface area contributed by atoms with Crippen LogP contribution < -0.4 is 10.1 Å². The van der Waals surface area contributed by atoms with Crippen molar-refractivity contribution in [2.45, 2.75) is 33.5 Å². The van der Waals surface area contributed by atoms with Gasteiger partial charge >= 0.3 is 0 Å². The fourth-order valence-corrected chi connectivity index (χ4v) is 1.83. The second-order valence-corrected chi connectivity index (χ2v) is 5.30. The third-order valence-electron chi connectivity index (χ3n) is 3.06. The van der Waals surface area contributed by atoms with E-state index in [1.165, 1.54) is 6.07 Å². The van der Waals surface area contributed by atoms with E-state index in [4.69, 9.17) is 14.4 Å². The van der Waals surface area contributed by atoms with Crippen LogP contribution in [0.4, 0.5) is 0 Å². The molecule has 1 aromatic heterocycles. The summed E-state index contributed by atoms with van der Waals surface area (Å²) in [6.45, 7) is 5.91. The lowest BCUT2D eigenvalue weighted by Crippen LogP contribution is -2.30. The number of carbonyl (C=O) groups excluding carboxylic acids is 1. The lowest BCUT2D eigenvalue weighted by Gasteiger charge is -2.07. The van der Waals surface area contributed by atoms with Gasteiger partial charge in [0.1, 0.15) is 12.4 Å². The molecule has 2 N–H and O–H groups in total. The Labute approximate surface area is 129 Å². The first kappa shape index (κ1) is 16.0. The molecule has 2 aromatic rings. The molecule has 118 valence electrons. The molecule has 1 heterocycles. The topological polar surface area (TPSA) is 84.6 Å². The molecule has 0 unspecified atom stereocenters. The summed E-state index contributed by atoms with van der Waals surface area (Å²) < 4.78 is 10.8. The molecule has 0 saturated carbocycles. The summed E-state index contributed by atoms with van der Waals surface area (Å²) in [6, 6.07) is 7.48. The van der Waals surface area contributed by atoms with Crippen molar-refractivity contribution in [2.75, 3.05) is 6.54 Å². The molecule has 0 aliphatic heterocycles. The molecule has 0 bridgehead atoms. The Kier molecular flexibility index (Phi) is 5.16. The summed E-state index contributed by atoms with van der Waals surface area (Å²) in [6.07, 6.45) is -0.608. The molecule has 0 aliphatic carbocycles. The predicted octanol–water partition coefficient (Wildman–Crippen LogP) is 1.98. The first-order valence-corrected chi connectivity index (χ1v) is 7.07. The van der Waals surface area contributed by atoms with E-state index in [1.54, 1.807) is 6.92 Å². The molecular weight excluding hydrogens is 284 g/mol. The van der Waals surface area contributed by atoms with Crippen LogP contribution in [0.5, 0.6) is 5.75 Å². The van der Waals surface area contributed by atoms with Crippen molar-refractivity contribution in [2.24, 2.45) is 0 Å². The molecule has 0 saturated heterocycles. The standard InChI is InChI=1S/C16H20N2O4/c1-10-4-5-11(2)15(6-10)21-9-13-7-14(18-22-13)16(20)17-8-12(3)19/h4-7,12,19H,8-9H2,1-3H3,(H,17,20)/t12-/m1/s1. The van der Waals surface area contributed by atoms with Gasteiger partial charge in [0.2, 0.25) is 0 Å². The number of hydrogen-bond acceptors (Lipinski definition) is 5. The summed E-state index contributed by atoms with van der Waals surface area (Å²) in [7, 11) is 0. The fraction of sp³-hybridized carbons (Fsp3) is 0.375. The minimum absolute atomic E-state index is 0.167. The molecule has 0 fully saturated rings. The van der Waals surface area contributed by atoms with Crippen molar-refractivity contribution in [3.8, 4) is 5.75 Å². The fourth-order valence-electron chi connectivity index (χ4n) is 1.83. The highest BCUT2D eigenvalue weighted by Crippen LogP contribution is 2.20. The van der Waals surface area contributed by atoms with Gasteiger partial charge in [0.25, 0.3) is 5.91 Å². The minimum atomic E-state index is -0.608. The number of aliphatic hydroxyl groups is 1. The first-order chi connectivity index (χ1) is 10.5. The van der Waals surface area contributed by atoms with Crippen molar-refractivity contribution in [3.05, 3.63) is 46.8 Å². The van der Waals surface area contributed by atoms with Gasteiger partial charge in [0.05, 0.1) is 6.10 Å². The smallest absolute Gasteiger partial charge is 0.273 e. The van der Waals surface area contributed by atoms with Crippen LogP contribution in [0.2, 0.25) is 0 Å². The Morgan fingerprint density at radius 3 is 2.91 bits per heavy atom. The number of carbonyl (C=O) groups is 1. The van der Waals surface area contributed by atoms with E-state index in [0.717, 1.165) is 16.9 Å². The van der Waals surface area contributed by atoms with Gasteiger partial charge in [-0.25, -0.2) is 0 Å². The summed E-state index contributed by atoms with van der Waals surface area (Å²) in [4.78, 5) is 11.7. The molecule has 0 aliphatic rings. The van der Waals surface area contributed by atoms with Gasteiger partial charge in [-0.15, -0.1) is 0 Å². The van der Waals surface area contributed by atoms with Gasteiger partial charge in [-0.2, -0.15) is 0 Å². The van der Waals surface area contributed by atoms with Gasteiger partial charge in [0, 0.05) is 12.6 Å². The summed E-state index contributed by atoms with van der Waals surface area (Å²) in [5.74, 6) is 0.849. The van der Waals surface area contributed by atoms with Gasteiger partial charge in [-0.3, -0.25) is 4.79 Å². The van der Waals surface area contributed by atoms with Crippen LogP contribution in [0.1, 0.15) is 34.3 Å². The Hall–Kier alpha value is -2.34. The molecule has 1 amide bonds. The van der Waals surface area contributed by atoms with Gasteiger partial charge in [-0.1, -0.05) is 17.3 Å². The number of benzene rings is 1. The lowest BCUT2D eigenvalue weighted by atomic mass is 10.1. The van der Waals surface area contributed by atoms with Crippen molar-refractivity contribution >= 4 is 5.91 Å². The van der Waals surface area contributed by atoms with E-state index in [9.17, 15) is 4.79 Å². The minimum Gasteiger partial charge on any atom is -0.485 e. The third-order valence-corrected chi connectivity index (χ3v) is 3.06. The van der Waals surface area contributed by atoms with E-state index in [1.807, 2.05) is 32.0 Å². The zero-order valence-corrected chi connectivity index (χ0v) is 12.9. The van der Waals surface area contributed by atoms with Gasteiger partial charge in [-0.05, 0) is 38.0 Å². The van der Waals surface area contributed by atoms with Crippen LogP contribution in [0.15, 0.2) is 28.8 Å². The molecule has 2 rings (SSSR count). The molecule has 0 radical (unpaired) electrons. The van der Waals surface area contributed by atoms with Crippen molar-refractivity contribution in [3.63, 3.8) is 0 Å². The number of aliphatic hydroxyl groups excluding tert-OH is 1.